The molecule has 0 saturated heterocycles. The van der Waals surface area contributed by atoms with Gasteiger partial charge in [-0.25, -0.2) is 0 Å². The van der Waals surface area contributed by atoms with Crippen molar-refractivity contribution in [1.82, 2.24) is 4.98 Å². The maximum absolute atomic E-state index is 13.3. The van der Waals surface area contributed by atoms with Gasteiger partial charge < -0.3 is 9.47 Å². The summed E-state index contributed by atoms with van der Waals surface area (Å²) in [5.74, 6) is -1.72. The van der Waals surface area contributed by atoms with Gasteiger partial charge >= 0.3 is 12.1 Å². The van der Waals surface area contributed by atoms with Gasteiger partial charge in [0.15, 0.2) is 0 Å². The van der Waals surface area contributed by atoms with E-state index in [1.54, 1.807) is 19.2 Å². The number of carbonyl (C=O) groups is 2. The Labute approximate surface area is 192 Å². The maximum Gasteiger partial charge on any atom is 0.416 e. The molecule has 172 valence electrons. The van der Waals surface area contributed by atoms with Gasteiger partial charge in [0, 0.05) is 16.8 Å². The Balaban J connectivity index is 1.88. The first-order valence-corrected chi connectivity index (χ1v) is 10.7. The first-order valence-electron chi connectivity index (χ1n) is 9.74. The predicted molar refractivity (Wildman–Crippen MR) is 117 cm³/mol. The van der Waals surface area contributed by atoms with Crippen molar-refractivity contribution in [2.75, 3.05) is 14.2 Å². The van der Waals surface area contributed by atoms with Gasteiger partial charge in [0.2, 0.25) is 5.78 Å². The molecule has 3 aromatic rings. The minimum Gasteiger partial charge on any atom is -0.497 e. The Hall–Kier alpha value is -3.33. The van der Waals surface area contributed by atoms with Crippen molar-refractivity contribution in [2.24, 2.45) is 0 Å². The van der Waals surface area contributed by atoms with Gasteiger partial charge in [0.05, 0.1) is 19.8 Å². The molecule has 1 unspecified atom stereocenters. The van der Waals surface area contributed by atoms with E-state index in [-0.39, 0.29) is 11.3 Å². The summed E-state index contributed by atoms with van der Waals surface area (Å²) in [5, 5.41) is 0. The first-order chi connectivity index (χ1) is 15.7. The SMILES string of the molecule is COC(=O)C(C(=O)c1ncccc1SCc1ccc(OC)cc1)c1ccc(C(F)(F)F)cc1. The molecule has 0 saturated carbocycles. The summed E-state index contributed by atoms with van der Waals surface area (Å²) in [5.41, 5.74) is 0.245. The van der Waals surface area contributed by atoms with Crippen LogP contribution in [-0.2, 0) is 21.5 Å². The summed E-state index contributed by atoms with van der Waals surface area (Å²) < 4.78 is 48.6. The number of pyridine rings is 1. The van der Waals surface area contributed by atoms with E-state index in [0.29, 0.717) is 10.6 Å². The second-order valence-electron chi connectivity index (χ2n) is 6.93. The molecule has 1 aromatic heterocycles. The van der Waals surface area contributed by atoms with Gasteiger partial charge in [-0.15, -0.1) is 11.8 Å². The van der Waals surface area contributed by atoms with Crippen LogP contribution in [0.5, 0.6) is 5.75 Å². The number of ketones is 1. The molecule has 0 aliphatic heterocycles. The summed E-state index contributed by atoms with van der Waals surface area (Å²) in [6.45, 7) is 0. The third kappa shape index (κ3) is 5.92. The molecule has 33 heavy (non-hydrogen) atoms. The molecule has 3 rings (SSSR count). The largest absolute Gasteiger partial charge is 0.497 e. The number of methoxy groups -OCH3 is 2. The number of hydrogen-bond acceptors (Lipinski definition) is 6. The van der Waals surface area contributed by atoms with Gasteiger partial charge in [-0.3, -0.25) is 14.6 Å². The van der Waals surface area contributed by atoms with Gasteiger partial charge in [-0.05, 0) is 47.5 Å². The number of hydrogen-bond donors (Lipinski definition) is 0. The molecule has 0 spiro atoms. The van der Waals surface area contributed by atoms with Crippen LogP contribution in [0.3, 0.4) is 0 Å². The molecule has 1 heterocycles. The second-order valence-corrected chi connectivity index (χ2v) is 7.94. The summed E-state index contributed by atoms with van der Waals surface area (Å²) >= 11 is 1.35. The molecule has 5 nitrogen and oxygen atoms in total. The van der Waals surface area contributed by atoms with E-state index in [9.17, 15) is 22.8 Å². The molecule has 9 heteroatoms. The van der Waals surface area contributed by atoms with Crippen molar-refractivity contribution >= 4 is 23.5 Å². The monoisotopic (exact) mass is 475 g/mol. The molecule has 0 radical (unpaired) electrons. The Kier molecular flexibility index (Phi) is 7.75. The van der Waals surface area contributed by atoms with E-state index in [1.165, 1.54) is 18.0 Å². The molecule has 0 bridgehead atoms. The topological polar surface area (TPSA) is 65.5 Å². The number of halogens is 3. The zero-order chi connectivity index (χ0) is 24.0. The third-order valence-electron chi connectivity index (χ3n) is 4.83. The highest BCUT2D eigenvalue weighted by atomic mass is 32.2. The van der Waals surface area contributed by atoms with Crippen LogP contribution in [-0.4, -0.2) is 31.0 Å². The Morgan fingerprint density at radius 2 is 1.67 bits per heavy atom. The maximum atomic E-state index is 13.3. The summed E-state index contributed by atoms with van der Waals surface area (Å²) in [6, 6.07) is 14.7. The number of carbonyl (C=O) groups excluding carboxylic acids is 2. The lowest BCUT2D eigenvalue weighted by Gasteiger charge is -2.16. The molecule has 0 aliphatic carbocycles. The van der Waals surface area contributed by atoms with Gasteiger partial charge in [-0.1, -0.05) is 24.3 Å². The summed E-state index contributed by atoms with van der Waals surface area (Å²) in [6.07, 6.45) is -3.11. The fraction of sp³-hybridized carbons (Fsp3) is 0.208. The number of thioether (sulfide) groups is 1. The number of Topliss-reactive ketones (excluding diaryl/α,β-unsaturated/α-hetero) is 1. The minimum atomic E-state index is -4.53. The fourth-order valence-corrected chi connectivity index (χ4v) is 4.07. The Morgan fingerprint density at radius 3 is 2.24 bits per heavy atom. The molecular weight excluding hydrogens is 455 g/mol. The van der Waals surface area contributed by atoms with Crippen LogP contribution in [0, 0.1) is 0 Å². The molecule has 0 aliphatic rings. The van der Waals surface area contributed by atoms with Gasteiger partial charge in [0.1, 0.15) is 17.4 Å². The lowest BCUT2D eigenvalue weighted by molar-refractivity contribution is -0.141. The lowest BCUT2D eigenvalue weighted by Crippen LogP contribution is -2.25. The van der Waals surface area contributed by atoms with Crippen LogP contribution in [0.4, 0.5) is 13.2 Å². The van der Waals surface area contributed by atoms with Crippen molar-refractivity contribution in [2.45, 2.75) is 22.7 Å². The van der Waals surface area contributed by atoms with E-state index >= 15 is 0 Å². The first kappa shape index (κ1) is 24.3. The average molecular weight is 475 g/mol. The van der Waals surface area contributed by atoms with Crippen molar-refractivity contribution in [1.29, 1.82) is 0 Å². The number of esters is 1. The van der Waals surface area contributed by atoms with Crippen molar-refractivity contribution in [3.63, 3.8) is 0 Å². The Morgan fingerprint density at radius 1 is 1.00 bits per heavy atom. The standard InChI is InChI=1S/C24H20F3NO4S/c1-31-18-11-5-15(6-12-18)14-33-19-4-3-13-28-21(19)22(29)20(23(30)32-2)16-7-9-17(10-8-16)24(25,26)27/h3-13,20H,14H2,1-2H3. The van der Waals surface area contributed by atoms with Crippen LogP contribution in [0.15, 0.2) is 71.8 Å². The minimum absolute atomic E-state index is 0.0475. The van der Waals surface area contributed by atoms with E-state index in [4.69, 9.17) is 9.47 Å². The van der Waals surface area contributed by atoms with Crippen molar-refractivity contribution in [3.8, 4) is 5.75 Å². The number of aromatic nitrogens is 1. The van der Waals surface area contributed by atoms with Crippen LogP contribution >= 0.6 is 11.8 Å². The molecule has 0 N–H and O–H groups in total. The lowest BCUT2D eigenvalue weighted by atomic mass is 9.92. The van der Waals surface area contributed by atoms with E-state index in [0.717, 1.165) is 42.7 Å². The highest BCUT2D eigenvalue weighted by Gasteiger charge is 2.35. The van der Waals surface area contributed by atoms with Crippen LogP contribution in [0.25, 0.3) is 0 Å². The molecule has 0 amide bonds. The van der Waals surface area contributed by atoms with E-state index in [1.807, 2.05) is 24.3 Å². The summed E-state index contributed by atoms with van der Waals surface area (Å²) in [7, 11) is 2.69. The normalized spacial score (nSPS) is 12.2. The molecule has 1 atom stereocenters. The van der Waals surface area contributed by atoms with Crippen LogP contribution in [0.2, 0.25) is 0 Å². The van der Waals surface area contributed by atoms with Crippen LogP contribution in [0.1, 0.15) is 33.1 Å². The molecule has 2 aromatic carbocycles. The number of nitrogens with zero attached hydrogens (tertiary/aromatic N) is 1. The van der Waals surface area contributed by atoms with Gasteiger partial charge in [0.25, 0.3) is 0 Å². The third-order valence-corrected chi connectivity index (χ3v) is 5.95. The smallest absolute Gasteiger partial charge is 0.416 e. The van der Waals surface area contributed by atoms with E-state index in [2.05, 4.69) is 4.98 Å². The second kappa shape index (κ2) is 10.5. The number of benzene rings is 2. The molecular formula is C24H20F3NO4S. The number of alkyl halides is 3. The Bertz CT molecular complexity index is 1120. The van der Waals surface area contributed by atoms with Crippen molar-refractivity contribution in [3.05, 3.63) is 89.2 Å². The average Bonchev–Trinajstić information content (AvgIpc) is 2.83. The number of rotatable bonds is 8. The quantitative estimate of drug-likeness (QED) is 0.184. The zero-order valence-electron chi connectivity index (χ0n) is 17.8. The fourth-order valence-electron chi connectivity index (χ4n) is 3.09. The predicted octanol–water partition coefficient (Wildman–Crippen LogP) is 5.54. The highest BCUT2D eigenvalue weighted by molar-refractivity contribution is 7.98. The van der Waals surface area contributed by atoms with Crippen LogP contribution < -0.4 is 4.74 Å². The van der Waals surface area contributed by atoms with Crippen molar-refractivity contribution < 1.29 is 32.2 Å². The number of ether oxygens (including phenoxy) is 2. The molecule has 0 fully saturated rings. The highest BCUT2D eigenvalue weighted by Crippen LogP contribution is 2.33. The summed E-state index contributed by atoms with van der Waals surface area (Å²) in [4.78, 5) is 30.5. The van der Waals surface area contributed by atoms with Gasteiger partial charge in [-0.2, -0.15) is 13.2 Å². The van der Waals surface area contributed by atoms with E-state index < -0.39 is 29.4 Å². The zero-order valence-corrected chi connectivity index (χ0v) is 18.6.